The van der Waals surface area contributed by atoms with E-state index in [0.29, 0.717) is 35.7 Å². The molecule has 0 spiro atoms. The van der Waals surface area contributed by atoms with E-state index in [0.717, 1.165) is 19.1 Å². The number of ketones is 1. The topological polar surface area (TPSA) is 93.2 Å². The Hall–Kier alpha value is -1.96. The SMILES string of the molecule is CS(=O)(=O)c1ccc([C@@H](CC2CCC(=O)CC2)C(=O)Nc2ccc(Cl)cn2)cc1Cl. The third kappa shape index (κ3) is 5.80. The van der Waals surface area contributed by atoms with Gasteiger partial charge in [-0.05, 0) is 55.0 Å². The van der Waals surface area contributed by atoms with Crippen molar-refractivity contribution in [3.63, 3.8) is 0 Å². The van der Waals surface area contributed by atoms with Crippen LogP contribution in [0.25, 0.3) is 0 Å². The maximum Gasteiger partial charge on any atom is 0.233 e. The summed E-state index contributed by atoms with van der Waals surface area (Å²) in [6, 6.07) is 7.82. The molecule has 0 aliphatic heterocycles. The highest BCUT2D eigenvalue weighted by Gasteiger charge is 2.29. The summed E-state index contributed by atoms with van der Waals surface area (Å²) in [5.74, 6) is -0.00749. The van der Waals surface area contributed by atoms with Gasteiger partial charge in [0.25, 0.3) is 0 Å². The van der Waals surface area contributed by atoms with Gasteiger partial charge in [-0.1, -0.05) is 29.3 Å². The molecule has 160 valence electrons. The Morgan fingerprint density at radius 3 is 2.47 bits per heavy atom. The molecule has 0 bridgehead atoms. The molecule has 9 heteroatoms. The Balaban J connectivity index is 1.88. The van der Waals surface area contributed by atoms with E-state index in [9.17, 15) is 18.0 Å². The summed E-state index contributed by atoms with van der Waals surface area (Å²) in [5.41, 5.74) is 0.621. The van der Waals surface area contributed by atoms with Crippen LogP contribution < -0.4 is 5.32 Å². The molecule has 1 amide bonds. The number of anilines is 1. The number of carbonyl (C=O) groups is 2. The van der Waals surface area contributed by atoms with Crippen LogP contribution in [-0.4, -0.2) is 31.3 Å². The van der Waals surface area contributed by atoms with Crippen molar-refractivity contribution in [2.75, 3.05) is 11.6 Å². The number of hydrogen-bond acceptors (Lipinski definition) is 5. The number of halogens is 2. The zero-order valence-corrected chi connectivity index (χ0v) is 18.7. The van der Waals surface area contributed by atoms with E-state index in [1.807, 2.05) is 0 Å². The summed E-state index contributed by atoms with van der Waals surface area (Å²) >= 11 is 12.1. The van der Waals surface area contributed by atoms with Crippen LogP contribution in [0, 0.1) is 5.92 Å². The predicted molar refractivity (Wildman–Crippen MR) is 117 cm³/mol. The fraction of sp³-hybridized carbons (Fsp3) is 0.381. The number of nitrogens with one attached hydrogen (secondary N) is 1. The summed E-state index contributed by atoms with van der Waals surface area (Å²) in [6.07, 6.45) is 5.56. The highest BCUT2D eigenvalue weighted by Crippen LogP contribution is 2.35. The lowest BCUT2D eigenvalue weighted by Crippen LogP contribution is -2.25. The lowest BCUT2D eigenvalue weighted by atomic mass is 9.80. The number of rotatable bonds is 6. The van der Waals surface area contributed by atoms with E-state index in [4.69, 9.17) is 23.2 Å². The molecule has 1 aliphatic carbocycles. The predicted octanol–water partition coefficient (Wildman–Crippen LogP) is 4.66. The molecule has 1 aromatic carbocycles. The summed E-state index contributed by atoms with van der Waals surface area (Å²) in [5, 5.41) is 3.33. The maximum absolute atomic E-state index is 13.1. The van der Waals surface area contributed by atoms with Crippen molar-refractivity contribution < 1.29 is 18.0 Å². The van der Waals surface area contributed by atoms with E-state index in [1.165, 1.54) is 18.3 Å². The molecule has 0 unspecified atom stereocenters. The van der Waals surface area contributed by atoms with Gasteiger partial charge in [-0.25, -0.2) is 13.4 Å². The zero-order chi connectivity index (χ0) is 21.9. The van der Waals surface area contributed by atoms with Crippen LogP contribution in [0.3, 0.4) is 0 Å². The quantitative estimate of drug-likeness (QED) is 0.664. The average molecular weight is 469 g/mol. The first kappa shape index (κ1) is 22.7. The maximum atomic E-state index is 13.1. The minimum Gasteiger partial charge on any atom is -0.310 e. The molecule has 2 aromatic rings. The fourth-order valence-corrected chi connectivity index (χ4v) is 5.11. The van der Waals surface area contributed by atoms with Crippen LogP contribution in [0.1, 0.15) is 43.6 Å². The molecule has 0 radical (unpaired) electrons. The van der Waals surface area contributed by atoms with Gasteiger partial charge in [0.2, 0.25) is 5.91 Å². The molecule has 1 heterocycles. The van der Waals surface area contributed by atoms with Crippen molar-refractivity contribution in [2.45, 2.75) is 42.9 Å². The largest absolute Gasteiger partial charge is 0.310 e. The van der Waals surface area contributed by atoms with E-state index >= 15 is 0 Å². The first-order chi connectivity index (χ1) is 14.1. The molecule has 3 rings (SSSR count). The van der Waals surface area contributed by atoms with E-state index in [1.54, 1.807) is 18.2 Å². The number of amides is 1. The minimum absolute atomic E-state index is 0.0229. The standard InChI is InChI=1S/C21H22Cl2N2O4S/c1-30(28,29)19-8-4-14(11-18(19)23)17(10-13-2-6-16(26)7-3-13)21(27)25-20-9-5-15(22)12-24-20/h4-5,8-9,11-13,17H,2-3,6-7,10H2,1H3,(H,24,25,27)/t17-/m1/s1. The Kier molecular flexibility index (Phi) is 7.16. The van der Waals surface area contributed by atoms with Crippen LogP contribution in [0.5, 0.6) is 0 Å². The lowest BCUT2D eigenvalue weighted by Gasteiger charge is -2.26. The van der Waals surface area contributed by atoms with Gasteiger partial charge in [0.1, 0.15) is 11.6 Å². The fourth-order valence-electron chi connectivity index (χ4n) is 3.66. The zero-order valence-electron chi connectivity index (χ0n) is 16.4. The highest BCUT2D eigenvalue weighted by molar-refractivity contribution is 7.90. The van der Waals surface area contributed by atoms with Gasteiger partial charge in [0.05, 0.1) is 20.9 Å². The van der Waals surface area contributed by atoms with Crippen molar-refractivity contribution in [3.05, 3.63) is 52.1 Å². The lowest BCUT2D eigenvalue weighted by molar-refractivity contribution is -0.121. The molecule has 1 N–H and O–H groups in total. The number of Topliss-reactive ketones (excluding diaryl/α,β-unsaturated/α-hetero) is 1. The summed E-state index contributed by atoms with van der Waals surface area (Å²) < 4.78 is 23.7. The summed E-state index contributed by atoms with van der Waals surface area (Å²) in [7, 11) is -3.47. The van der Waals surface area contributed by atoms with Crippen molar-refractivity contribution in [1.82, 2.24) is 4.98 Å². The number of sulfone groups is 1. The van der Waals surface area contributed by atoms with Gasteiger partial charge in [-0.15, -0.1) is 0 Å². The van der Waals surface area contributed by atoms with Crippen LogP contribution in [0.15, 0.2) is 41.4 Å². The molecular weight excluding hydrogens is 447 g/mol. The first-order valence-electron chi connectivity index (χ1n) is 9.57. The summed E-state index contributed by atoms with van der Waals surface area (Å²) in [4.78, 5) is 28.8. The van der Waals surface area contributed by atoms with Gasteiger partial charge in [0.15, 0.2) is 9.84 Å². The first-order valence-corrected chi connectivity index (χ1v) is 12.2. The van der Waals surface area contributed by atoms with Gasteiger partial charge in [-0.2, -0.15) is 0 Å². The van der Waals surface area contributed by atoms with Crippen LogP contribution in [0.2, 0.25) is 10.0 Å². The second-order valence-corrected chi connectivity index (χ2v) is 10.4. The van der Waals surface area contributed by atoms with Crippen molar-refractivity contribution in [2.24, 2.45) is 5.92 Å². The molecular formula is C21H22Cl2N2O4S. The molecule has 1 aliphatic rings. The molecule has 1 saturated carbocycles. The molecule has 0 saturated heterocycles. The Morgan fingerprint density at radius 1 is 1.20 bits per heavy atom. The van der Waals surface area contributed by atoms with Crippen molar-refractivity contribution in [1.29, 1.82) is 0 Å². The van der Waals surface area contributed by atoms with Crippen LogP contribution >= 0.6 is 23.2 Å². The van der Waals surface area contributed by atoms with Crippen molar-refractivity contribution in [3.8, 4) is 0 Å². The number of carbonyl (C=O) groups excluding carboxylic acids is 2. The Bertz CT molecular complexity index is 1050. The van der Waals surface area contributed by atoms with E-state index < -0.39 is 15.8 Å². The monoisotopic (exact) mass is 468 g/mol. The Labute approximate surface area is 185 Å². The van der Waals surface area contributed by atoms with Crippen molar-refractivity contribution >= 4 is 50.5 Å². The van der Waals surface area contributed by atoms with E-state index in [-0.39, 0.29) is 27.5 Å². The molecule has 6 nitrogen and oxygen atoms in total. The second-order valence-electron chi connectivity index (χ2n) is 7.58. The van der Waals surface area contributed by atoms with Crippen LogP contribution in [0.4, 0.5) is 5.82 Å². The number of benzene rings is 1. The molecule has 1 atom stereocenters. The Morgan fingerprint density at radius 2 is 1.90 bits per heavy atom. The highest BCUT2D eigenvalue weighted by atomic mass is 35.5. The number of aromatic nitrogens is 1. The van der Waals surface area contributed by atoms with Gasteiger partial charge < -0.3 is 5.32 Å². The third-order valence-corrected chi connectivity index (χ3v) is 7.09. The minimum atomic E-state index is -3.47. The number of hydrogen-bond donors (Lipinski definition) is 1. The summed E-state index contributed by atoms with van der Waals surface area (Å²) in [6.45, 7) is 0. The third-order valence-electron chi connectivity index (χ3n) is 5.28. The number of pyridine rings is 1. The van der Waals surface area contributed by atoms with Gasteiger partial charge >= 0.3 is 0 Å². The average Bonchev–Trinajstić information content (AvgIpc) is 2.68. The van der Waals surface area contributed by atoms with Crippen LogP contribution in [-0.2, 0) is 19.4 Å². The number of nitrogens with zero attached hydrogens (tertiary/aromatic N) is 1. The van der Waals surface area contributed by atoms with E-state index in [2.05, 4.69) is 10.3 Å². The molecule has 30 heavy (non-hydrogen) atoms. The normalized spacial score (nSPS) is 16.3. The second kappa shape index (κ2) is 9.45. The smallest absolute Gasteiger partial charge is 0.233 e. The molecule has 1 aromatic heterocycles. The van der Waals surface area contributed by atoms with Gasteiger partial charge in [0, 0.05) is 25.3 Å². The van der Waals surface area contributed by atoms with Gasteiger partial charge in [-0.3, -0.25) is 9.59 Å². The molecule has 1 fully saturated rings.